The summed E-state index contributed by atoms with van der Waals surface area (Å²) in [4.78, 5) is 3.86. The largest absolute Gasteiger partial charge is 0.324 e. The molecule has 0 bridgehead atoms. The highest BCUT2D eigenvalue weighted by Gasteiger charge is 2.25. The number of aryl methyl sites for hydroxylation is 2. The second kappa shape index (κ2) is 6.17. The van der Waals surface area contributed by atoms with Gasteiger partial charge in [0.1, 0.15) is 5.15 Å². The van der Waals surface area contributed by atoms with Crippen molar-refractivity contribution in [1.29, 1.82) is 0 Å². The van der Waals surface area contributed by atoms with Crippen LogP contribution in [0.25, 0.3) is 0 Å². The number of hydrogen-bond acceptors (Lipinski definition) is 3. The smallest absolute Gasteiger partial charge is 0.261 e. The SMILES string of the molecule is CCC(NS(=O)(=O)c1ncn(C)c1Cl)c1ccc(C)cc1. The fourth-order valence-electron chi connectivity index (χ4n) is 2.00. The fourth-order valence-corrected chi connectivity index (χ4v) is 3.74. The Hall–Kier alpha value is -1.37. The first-order valence-corrected chi connectivity index (χ1v) is 8.47. The molecule has 7 heteroatoms. The zero-order valence-corrected chi connectivity index (χ0v) is 13.7. The lowest BCUT2D eigenvalue weighted by atomic mass is 10.0. The molecule has 0 saturated heterocycles. The molecule has 1 unspecified atom stereocenters. The number of benzene rings is 1. The third kappa shape index (κ3) is 3.45. The van der Waals surface area contributed by atoms with Crippen LogP contribution >= 0.6 is 11.6 Å². The number of hydrogen-bond donors (Lipinski definition) is 1. The number of rotatable bonds is 5. The van der Waals surface area contributed by atoms with Crippen molar-refractivity contribution in [3.05, 3.63) is 46.9 Å². The summed E-state index contributed by atoms with van der Waals surface area (Å²) in [5.74, 6) is 0. The Morgan fingerprint density at radius 3 is 2.43 bits per heavy atom. The van der Waals surface area contributed by atoms with Crippen molar-refractivity contribution in [2.75, 3.05) is 0 Å². The highest BCUT2D eigenvalue weighted by atomic mass is 35.5. The van der Waals surface area contributed by atoms with Crippen LogP contribution in [0.2, 0.25) is 5.15 Å². The van der Waals surface area contributed by atoms with Gasteiger partial charge in [-0.25, -0.2) is 18.1 Å². The molecule has 5 nitrogen and oxygen atoms in total. The average molecular weight is 328 g/mol. The van der Waals surface area contributed by atoms with Crippen molar-refractivity contribution in [2.24, 2.45) is 7.05 Å². The Kier molecular flexibility index (Phi) is 4.70. The van der Waals surface area contributed by atoms with Crippen molar-refractivity contribution in [2.45, 2.75) is 31.3 Å². The van der Waals surface area contributed by atoms with Crippen molar-refractivity contribution in [1.82, 2.24) is 14.3 Å². The molecule has 0 aliphatic rings. The van der Waals surface area contributed by atoms with E-state index in [0.29, 0.717) is 6.42 Å². The summed E-state index contributed by atoms with van der Waals surface area (Å²) in [6.45, 7) is 3.91. The Morgan fingerprint density at radius 1 is 1.33 bits per heavy atom. The van der Waals surface area contributed by atoms with Crippen molar-refractivity contribution < 1.29 is 8.42 Å². The molecule has 1 aromatic carbocycles. The predicted molar refractivity (Wildman–Crippen MR) is 82.8 cm³/mol. The van der Waals surface area contributed by atoms with Crippen LogP contribution in [-0.2, 0) is 17.1 Å². The average Bonchev–Trinajstić information content (AvgIpc) is 2.78. The minimum atomic E-state index is -3.75. The molecule has 21 heavy (non-hydrogen) atoms. The van der Waals surface area contributed by atoms with Gasteiger partial charge in [0.2, 0.25) is 5.03 Å². The van der Waals surface area contributed by atoms with E-state index >= 15 is 0 Å². The lowest BCUT2D eigenvalue weighted by Gasteiger charge is -2.17. The summed E-state index contributed by atoms with van der Waals surface area (Å²) < 4.78 is 28.9. The van der Waals surface area contributed by atoms with Crippen LogP contribution in [0.4, 0.5) is 0 Å². The maximum absolute atomic E-state index is 12.4. The zero-order valence-electron chi connectivity index (χ0n) is 12.2. The standard InChI is InChI=1S/C14H18ClN3O2S/c1-4-12(11-7-5-10(2)6-8-11)17-21(19,20)14-13(15)18(3)9-16-14/h5-9,12,17H,4H2,1-3H3. The van der Waals surface area contributed by atoms with Gasteiger partial charge in [0.25, 0.3) is 10.0 Å². The van der Waals surface area contributed by atoms with E-state index in [4.69, 9.17) is 11.6 Å². The Balaban J connectivity index is 2.29. The third-order valence-corrected chi connectivity index (χ3v) is 5.23. The van der Waals surface area contributed by atoms with E-state index in [9.17, 15) is 8.42 Å². The normalized spacial score (nSPS) is 13.3. The quantitative estimate of drug-likeness (QED) is 0.918. The molecule has 1 atom stereocenters. The second-order valence-corrected chi connectivity index (χ2v) is 6.93. The molecule has 0 radical (unpaired) electrons. The number of imidazole rings is 1. The summed E-state index contributed by atoms with van der Waals surface area (Å²) in [6, 6.07) is 7.45. The summed E-state index contributed by atoms with van der Waals surface area (Å²) >= 11 is 5.97. The van der Waals surface area contributed by atoms with Crippen LogP contribution < -0.4 is 4.72 Å². The molecule has 0 amide bonds. The van der Waals surface area contributed by atoms with E-state index in [1.54, 1.807) is 7.05 Å². The van der Waals surface area contributed by atoms with Crippen LogP contribution in [0.1, 0.15) is 30.5 Å². The van der Waals surface area contributed by atoms with E-state index < -0.39 is 10.0 Å². The van der Waals surface area contributed by atoms with Crippen LogP contribution in [0.3, 0.4) is 0 Å². The van der Waals surface area contributed by atoms with Gasteiger partial charge in [0.15, 0.2) is 0 Å². The third-order valence-electron chi connectivity index (χ3n) is 3.27. The van der Waals surface area contributed by atoms with E-state index in [1.165, 1.54) is 10.9 Å². The molecule has 1 aromatic heterocycles. The van der Waals surface area contributed by atoms with E-state index in [-0.39, 0.29) is 16.2 Å². The highest BCUT2D eigenvalue weighted by Crippen LogP contribution is 2.23. The van der Waals surface area contributed by atoms with Crippen LogP contribution in [0, 0.1) is 6.92 Å². The van der Waals surface area contributed by atoms with E-state index in [2.05, 4.69) is 9.71 Å². The van der Waals surface area contributed by atoms with E-state index in [0.717, 1.165) is 11.1 Å². The maximum atomic E-state index is 12.4. The first-order valence-electron chi connectivity index (χ1n) is 6.61. The van der Waals surface area contributed by atoms with Gasteiger partial charge in [-0.05, 0) is 18.9 Å². The molecule has 0 fully saturated rings. The summed E-state index contributed by atoms with van der Waals surface area (Å²) in [7, 11) is -2.11. The van der Waals surface area contributed by atoms with Gasteiger partial charge in [-0.15, -0.1) is 0 Å². The van der Waals surface area contributed by atoms with Crippen molar-refractivity contribution in [3.63, 3.8) is 0 Å². The van der Waals surface area contributed by atoms with Gasteiger partial charge in [-0.1, -0.05) is 48.4 Å². The molecule has 2 rings (SSSR count). The lowest BCUT2D eigenvalue weighted by molar-refractivity contribution is 0.547. The molecular weight excluding hydrogens is 310 g/mol. The monoisotopic (exact) mass is 327 g/mol. The van der Waals surface area contributed by atoms with Crippen LogP contribution in [0.15, 0.2) is 35.6 Å². The Labute approximate surface area is 130 Å². The molecular formula is C14H18ClN3O2S. The summed E-state index contributed by atoms with van der Waals surface area (Å²) in [6.07, 6.45) is 2.01. The molecule has 1 N–H and O–H groups in total. The predicted octanol–water partition coefficient (Wildman–Crippen LogP) is 2.81. The Bertz CT molecular complexity index is 723. The van der Waals surface area contributed by atoms with Crippen molar-refractivity contribution >= 4 is 21.6 Å². The second-order valence-electron chi connectivity index (χ2n) is 4.94. The molecule has 0 aliphatic carbocycles. The lowest BCUT2D eigenvalue weighted by Crippen LogP contribution is -2.28. The summed E-state index contributed by atoms with van der Waals surface area (Å²) in [5.41, 5.74) is 2.04. The van der Waals surface area contributed by atoms with Gasteiger partial charge in [-0.2, -0.15) is 0 Å². The first kappa shape index (κ1) is 16.0. The minimum Gasteiger partial charge on any atom is -0.324 e. The maximum Gasteiger partial charge on any atom is 0.261 e. The van der Waals surface area contributed by atoms with Crippen molar-refractivity contribution in [3.8, 4) is 0 Å². The molecule has 0 spiro atoms. The number of aromatic nitrogens is 2. The van der Waals surface area contributed by atoms with Gasteiger partial charge in [0.05, 0.1) is 6.33 Å². The van der Waals surface area contributed by atoms with Crippen LogP contribution in [-0.4, -0.2) is 18.0 Å². The number of nitrogens with one attached hydrogen (secondary N) is 1. The van der Waals surface area contributed by atoms with Gasteiger partial charge < -0.3 is 4.57 Å². The molecule has 114 valence electrons. The first-order chi connectivity index (χ1) is 9.85. The van der Waals surface area contributed by atoms with E-state index in [1.807, 2.05) is 38.1 Å². The number of halogens is 1. The van der Waals surface area contributed by atoms with Gasteiger partial charge >= 0.3 is 0 Å². The number of nitrogens with zero attached hydrogens (tertiary/aromatic N) is 2. The minimum absolute atomic E-state index is 0.0984. The molecule has 0 saturated carbocycles. The fraction of sp³-hybridized carbons (Fsp3) is 0.357. The summed E-state index contributed by atoms with van der Waals surface area (Å²) in [5, 5.41) is -0.0431. The molecule has 1 heterocycles. The van der Waals surface area contributed by atoms with Crippen LogP contribution in [0.5, 0.6) is 0 Å². The topological polar surface area (TPSA) is 64.0 Å². The zero-order chi connectivity index (χ0) is 15.6. The molecule has 2 aromatic rings. The molecule has 0 aliphatic heterocycles. The van der Waals surface area contributed by atoms with Gasteiger partial charge in [-0.3, -0.25) is 0 Å². The number of sulfonamides is 1. The Morgan fingerprint density at radius 2 is 1.95 bits per heavy atom. The van der Waals surface area contributed by atoms with Gasteiger partial charge in [0, 0.05) is 13.1 Å². The highest BCUT2D eigenvalue weighted by molar-refractivity contribution is 7.89.